The van der Waals surface area contributed by atoms with Crippen molar-refractivity contribution in [3.63, 3.8) is 0 Å². The van der Waals surface area contributed by atoms with Gasteiger partial charge in [-0.2, -0.15) is 0 Å². The first-order valence-corrected chi connectivity index (χ1v) is 9.43. The van der Waals surface area contributed by atoms with E-state index >= 15 is 0 Å². The average molecular weight is 390 g/mol. The number of aryl methyl sites for hydroxylation is 1. The van der Waals surface area contributed by atoms with Crippen LogP contribution in [0.2, 0.25) is 0 Å². The summed E-state index contributed by atoms with van der Waals surface area (Å²) in [7, 11) is 0. The highest BCUT2D eigenvalue weighted by Gasteiger charge is 2.29. The number of carbonyl (C=O) groups excluding carboxylic acids is 2. The Kier molecular flexibility index (Phi) is 6.34. The molecular formula is C23H22N2O4. The Morgan fingerprint density at radius 1 is 0.828 bits per heavy atom. The topological polar surface area (TPSA) is 78.4 Å². The third kappa shape index (κ3) is 4.16. The van der Waals surface area contributed by atoms with Gasteiger partial charge in [-0.1, -0.05) is 30.3 Å². The molecule has 2 aromatic heterocycles. The number of benzene rings is 1. The van der Waals surface area contributed by atoms with Crippen molar-refractivity contribution in [1.29, 1.82) is 0 Å². The smallest absolute Gasteiger partial charge is 0.341 e. The standard InChI is InChI=1S/C23H22N2O4/c1-4-28-22(26)18-15(3)25-21(17-9-7-6-8-10-17)20(23(27)29-5-2)19(18)16-11-13-24-14-12-16/h6-14H,4-5H2,1-3H3. The molecule has 0 N–H and O–H groups in total. The number of esters is 2. The van der Waals surface area contributed by atoms with Crippen LogP contribution in [0.5, 0.6) is 0 Å². The van der Waals surface area contributed by atoms with E-state index < -0.39 is 11.9 Å². The van der Waals surface area contributed by atoms with E-state index in [-0.39, 0.29) is 24.3 Å². The first-order valence-electron chi connectivity index (χ1n) is 9.43. The Labute approximate surface area is 169 Å². The second-order valence-electron chi connectivity index (χ2n) is 6.21. The molecule has 0 saturated carbocycles. The van der Waals surface area contributed by atoms with Gasteiger partial charge in [-0.15, -0.1) is 0 Å². The number of aromatic nitrogens is 2. The molecule has 0 fully saturated rings. The molecule has 2 heterocycles. The molecule has 0 aliphatic carbocycles. The summed E-state index contributed by atoms with van der Waals surface area (Å²) in [6, 6.07) is 12.8. The number of carbonyl (C=O) groups is 2. The van der Waals surface area contributed by atoms with E-state index in [2.05, 4.69) is 9.97 Å². The zero-order chi connectivity index (χ0) is 20.8. The first kappa shape index (κ1) is 20.2. The lowest BCUT2D eigenvalue weighted by Crippen LogP contribution is -2.17. The van der Waals surface area contributed by atoms with E-state index in [0.717, 1.165) is 5.56 Å². The average Bonchev–Trinajstić information content (AvgIpc) is 2.74. The highest BCUT2D eigenvalue weighted by atomic mass is 16.5. The van der Waals surface area contributed by atoms with Crippen LogP contribution in [0.1, 0.15) is 40.3 Å². The van der Waals surface area contributed by atoms with E-state index in [9.17, 15) is 9.59 Å². The zero-order valence-electron chi connectivity index (χ0n) is 16.6. The summed E-state index contributed by atoms with van der Waals surface area (Å²) in [4.78, 5) is 34.5. The molecular weight excluding hydrogens is 368 g/mol. The fourth-order valence-corrected chi connectivity index (χ4v) is 3.17. The minimum Gasteiger partial charge on any atom is -0.462 e. The van der Waals surface area contributed by atoms with Crippen LogP contribution in [0, 0.1) is 6.92 Å². The molecule has 6 heteroatoms. The van der Waals surface area contributed by atoms with Crippen LogP contribution in [-0.4, -0.2) is 35.1 Å². The largest absolute Gasteiger partial charge is 0.462 e. The highest BCUT2D eigenvalue weighted by Crippen LogP contribution is 2.36. The van der Waals surface area contributed by atoms with Gasteiger partial charge in [0.25, 0.3) is 0 Å². The van der Waals surface area contributed by atoms with Crippen molar-refractivity contribution in [3.05, 3.63) is 71.7 Å². The van der Waals surface area contributed by atoms with Gasteiger partial charge in [0, 0.05) is 23.5 Å². The summed E-state index contributed by atoms with van der Waals surface area (Å²) in [6.45, 7) is 5.62. The number of hydrogen-bond donors (Lipinski definition) is 0. The quantitative estimate of drug-likeness (QED) is 0.578. The van der Waals surface area contributed by atoms with E-state index in [1.54, 1.807) is 45.3 Å². The summed E-state index contributed by atoms with van der Waals surface area (Å²) in [6.07, 6.45) is 3.22. The molecule has 1 aromatic carbocycles. The van der Waals surface area contributed by atoms with Crippen LogP contribution < -0.4 is 0 Å². The lowest BCUT2D eigenvalue weighted by molar-refractivity contribution is 0.0526. The van der Waals surface area contributed by atoms with Crippen molar-refractivity contribution in [2.75, 3.05) is 13.2 Å². The minimum absolute atomic E-state index is 0.200. The zero-order valence-corrected chi connectivity index (χ0v) is 16.6. The van der Waals surface area contributed by atoms with Crippen molar-refractivity contribution in [1.82, 2.24) is 9.97 Å². The summed E-state index contributed by atoms with van der Waals surface area (Å²) in [5.74, 6) is -1.08. The molecule has 3 aromatic rings. The summed E-state index contributed by atoms with van der Waals surface area (Å²) in [5.41, 5.74) is 3.27. The van der Waals surface area contributed by atoms with Gasteiger partial charge in [0.1, 0.15) is 0 Å². The molecule has 148 valence electrons. The molecule has 3 rings (SSSR count). The highest BCUT2D eigenvalue weighted by molar-refractivity contribution is 6.10. The van der Waals surface area contributed by atoms with Crippen molar-refractivity contribution in [3.8, 4) is 22.4 Å². The second kappa shape index (κ2) is 9.10. The summed E-state index contributed by atoms with van der Waals surface area (Å²) in [5, 5.41) is 0. The van der Waals surface area contributed by atoms with E-state index in [1.165, 1.54) is 0 Å². The minimum atomic E-state index is -0.545. The Morgan fingerprint density at radius 2 is 1.41 bits per heavy atom. The maximum Gasteiger partial charge on any atom is 0.341 e. The number of nitrogens with zero attached hydrogens (tertiary/aromatic N) is 2. The lowest BCUT2D eigenvalue weighted by Gasteiger charge is -2.19. The Bertz CT molecular complexity index is 1020. The van der Waals surface area contributed by atoms with Gasteiger partial charge < -0.3 is 9.47 Å². The number of ether oxygens (including phenoxy) is 2. The van der Waals surface area contributed by atoms with Crippen LogP contribution in [0.25, 0.3) is 22.4 Å². The van der Waals surface area contributed by atoms with Crippen LogP contribution in [0.15, 0.2) is 54.9 Å². The number of rotatable bonds is 6. The van der Waals surface area contributed by atoms with Crippen molar-refractivity contribution < 1.29 is 19.1 Å². The van der Waals surface area contributed by atoms with Crippen molar-refractivity contribution in [2.45, 2.75) is 20.8 Å². The Hall–Kier alpha value is -3.54. The third-order valence-corrected chi connectivity index (χ3v) is 4.35. The van der Waals surface area contributed by atoms with E-state index in [1.807, 2.05) is 30.3 Å². The van der Waals surface area contributed by atoms with E-state index in [4.69, 9.17) is 9.47 Å². The van der Waals surface area contributed by atoms with Crippen molar-refractivity contribution >= 4 is 11.9 Å². The monoisotopic (exact) mass is 390 g/mol. The molecule has 0 aliphatic heterocycles. The molecule has 0 spiro atoms. The van der Waals surface area contributed by atoms with E-state index in [0.29, 0.717) is 22.5 Å². The maximum atomic E-state index is 13.0. The third-order valence-electron chi connectivity index (χ3n) is 4.35. The molecule has 0 bridgehead atoms. The predicted octanol–water partition coefficient (Wildman–Crippen LogP) is 4.47. The van der Waals surface area contributed by atoms with Gasteiger partial charge in [-0.05, 0) is 38.5 Å². The van der Waals surface area contributed by atoms with Gasteiger partial charge in [-0.3, -0.25) is 9.97 Å². The first-order chi connectivity index (χ1) is 14.1. The van der Waals surface area contributed by atoms with Crippen molar-refractivity contribution in [2.24, 2.45) is 0 Å². The lowest BCUT2D eigenvalue weighted by atomic mass is 9.91. The number of pyridine rings is 2. The van der Waals surface area contributed by atoms with Gasteiger partial charge >= 0.3 is 11.9 Å². The number of hydrogen-bond acceptors (Lipinski definition) is 6. The SMILES string of the molecule is CCOC(=O)c1c(C)nc(-c2ccccc2)c(C(=O)OCC)c1-c1ccncc1. The summed E-state index contributed by atoms with van der Waals surface area (Å²) < 4.78 is 10.6. The molecule has 0 aliphatic rings. The molecule has 0 radical (unpaired) electrons. The second-order valence-corrected chi connectivity index (χ2v) is 6.21. The molecule has 0 amide bonds. The van der Waals surface area contributed by atoms with Gasteiger partial charge in [-0.25, -0.2) is 9.59 Å². The maximum absolute atomic E-state index is 13.0. The molecule has 0 unspecified atom stereocenters. The molecule has 29 heavy (non-hydrogen) atoms. The normalized spacial score (nSPS) is 10.4. The van der Waals surface area contributed by atoms with Crippen LogP contribution in [-0.2, 0) is 9.47 Å². The Morgan fingerprint density at radius 3 is 2.00 bits per heavy atom. The van der Waals surface area contributed by atoms with Crippen LogP contribution >= 0.6 is 0 Å². The summed E-state index contributed by atoms with van der Waals surface area (Å²) >= 11 is 0. The van der Waals surface area contributed by atoms with Gasteiger partial charge in [0.2, 0.25) is 0 Å². The molecule has 0 atom stereocenters. The molecule has 6 nitrogen and oxygen atoms in total. The van der Waals surface area contributed by atoms with Gasteiger partial charge in [0.05, 0.1) is 35.7 Å². The van der Waals surface area contributed by atoms with Crippen LogP contribution in [0.3, 0.4) is 0 Å². The van der Waals surface area contributed by atoms with Crippen LogP contribution in [0.4, 0.5) is 0 Å². The van der Waals surface area contributed by atoms with Gasteiger partial charge in [0.15, 0.2) is 0 Å². The molecule has 0 saturated heterocycles. The fourth-order valence-electron chi connectivity index (χ4n) is 3.17. The fraction of sp³-hybridized carbons (Fsp3) is 0.217. The Balaban J connectivity index is 2.43. The predicted molar refractivity (Wildman–Crippen MR) is 110 cm³/mol.